The minimum atomic E-state index is -3.84. The molecule has 0 aliphatic heterocycles. The lowest BCUT2D eigenvalue weighted by atomic mass is 10.1. The van der Waals surface area contributed by atoms with Crippen LogP contribution in [-0.4, -0.2) is 57.1 Å². The molecule has 0 bridgehead atoms. The van der Waals surface area contributed by atoms with Crippen molar-refractivity contribution in [3.8, 4) is 5.75 Å². The summed E-state index contributed by atoms with van der Waals surface area (Å²) in [7, 11) is -2.38. The van der Waals surface area contributed by atoms with Crippen molar-refractivity contribution in [1.29, 1.82) is 0 Å². The maximum absolute atomic E-state index is 13.6. The molecule has 192 valence electrons. The zero-order valence-corrected chi connectivity index (χ0v) is 22.7. The van der Waals surface area contributed by atoms with Crippen LogP contribution in [0.3, 0.4) is 0 Å². The van der Waals surface area contributed by atoms with Gasteiger partial charge in [-0.05, 0) is 50.1 Å². The van der Waals surface area contributed by atoms with Crippen LogP contribution in [0, 0.1) is 0 Å². The maximum Gasteiger partial charge on any atom is 0.244 e. The molecule has 2 aromatic carbocycles. The highest BCUT2D eigenvalue weighted by molar-refractivity contribution is 7.92. The second-order valence-electron chi connectivity index (χ2n) is 8.32. The van der Waals surface area contributed by atoms with E-state index in [-0.39, 0.29) is 24.2 Å². The van der Waals surface area contributed by atoms with Gasteiger partial charge in [0.25, 0.3) is 0 Å². The van der Waals surface area contributed by atoms with Crippen LogP contribution in [0.4, 0.5) is 5.69 Å². The smallest absolute Gasteiger partial charge is 0.244 e. The molecule has 0 aromatic heterocycles. The number of carbonyl (C=O) groups is 2. The van der Waals surface area contributed by atoms with Crippen molar-refractivity contribution >= 4 is 50.7 Å². The second-order valence-corrected chi connectivity index (χ2v) is 11.1. The van der Waals surface area contributed by atoms with Gasteiger partial charge in [0.15, 0.2) is 0 Å². The van der Waals surface area contributed by atoms with E-state index in [4.69, 9.17) is 27.9 Å². The van der Waals surface area contributed by atoms with Crippen molar-refractivity contribution in [2.24, 2.45) is 0 Å². The van der Waals surface area contributed by atoms with Crippen LogP contribution in [0.2, 0.25) is 10.0 Å². The Morgan fingerprint density at radius 2 is 1.80 bits per heavy atom. The van der Waals surface area contributed by atoms with E-state index in [1.54, 1.807) is 43.3 Å². The summed E-state index contributed by atoms with van der Waals surface area (Å²) < 4.78 is 31.5. The summed E-state index contributed by atoms with van der Waals surface area (Å²) in [4.78, 5) is 28.0. The van der Waals surface area contributed by atoms with Gasteiger partial charge in [0.2, 0.25) is 21.8 Å². The van der Waals surface area contributed by atoms with Gasteiger partial charge in [0, 0.05) is 28.7 Å². The lowest BCUT2D eigenvalue weighted by Crippen LogP contribution is -2.53. The van der Waals surface area contributed by atoms with Crippen LogP contribution in [0.5, 0.6) is 5.75 Å². The summed E-state index contributed by atoms with van der Waals surface area (Å²) in [6.07, 6.45) is 1.33. The van der Waals surface area contributed by atoms with Gasteiger partial charge in [0.1, 0.15) is 18.3 Å². The molecule has 0 saturated carbocycles. The van der Waals surface area contributed by atoms with Crippen LogP contribution in [-0.2, 0) is 26.2 Å². The summed E-state index contributed by atoms with van der Waals surface area (Å²) in [5, 5.41) is 3.60. The second kappa shape index (κ2) is 12.5. The molecule has 0 aliphatic rings. The quantitative estimate of drug-likeness (QED) is 0.460. The van der Waals surface area contributed by atoms with E-state index in [0.29, 0.717) is 27.8 Å². The Hall–Kier alpha value is -2.49. The molecule has 0 saturated heterocycles. The van der Waals surface area contributed by atoms with Crippen molar-refractivity contribution in [2.75, 3.05) is 24.2 Å². The Labute approximate surface area is 217 Å². The first-order valence-electron chi connectivity index (χ1n) is 11.0. The van der Waals surface area contributed by atoms with Crippen LogP contribution >= 0.6 is 23.2 Å². The molecule has 0 aliphatic carbocycles. The number of carbonyl (C=O) groups excluding carboxylic acids is 2. The summed E-state index contributed by atoms with van der Waals surface area (Å²) in [6, 6.07) is 10.3. The predicted octanol–water partition coefficient (Wildman–Crippen LogP) is 4.10. The van der Waals surface area contributed by atoms with Crippen molar-refractivity contribution < 1.29 is 22.7 Å². The average molecular weight is 545 g/mol. The van der Waals surface area contributed by atoms with Crippen LogP contribution in [0.1, 0.15) is 32.8 Å². The maximum atomic E-state index is 13.6. The Morgan fingerprint density at radius 3 is 2.34 bits per heavy atom. The number of anilines is 1. The molecule has 1 N–H and O–H groups in total. The first-order valence-corrected chi connectivity index (χ1v) is 13.6. The number of methoxy groups -OCH3 is 1. The van der Waals surface area contributed by atoms with Crippen molar-refractivity contribution in [1.82, 2.24) is 10.2 Å². The lowest BCUT2D eigenvalue weighted by molar-refractivity contribution is -0.140. The highest BCUT2D eigenvalue weighted by atomic mass is 35.5. The molecule has 0 spiro atoms. The summed E-state index contributed by atoms with van der Waals surface area (Å²) in [6.45, 7) is 4.91. The van der Waals surface area contributed by atoms with E-state index in [0.717, 1.165) is 10.6 Å². The van der Waals surface area contributed by atoms with Gasteiger partial charge in [-0.15, -0.1) is 0 Å². The molecule has 35 heavy (non-hydrogen) atoms. The molecule has 0 radical (unpaired) electrons. The molecule has 2 aromatic rings. The van der Waals surface area contributed by atoms with Gasteiger partial charge in [-0.25, -0.2) is 8.42 Å². The summed E-state index contributed by atoms with van der Waals surface area (Å²) in [5.41, 5.74) is 0.844. The highest BCUT2D eigenvalue weighted by Gasteiger charge is 2.32. The molecule has 0 unspecified atom stereocenters. The number of amides is 2. The van der Waals surface area contributed by atoms with Gasteiger partial charge in [-0.1, -0.05) is 42.3 Å². The molecule has 1 atom stereocenters. The Morgan fingerprint density at radius 1 is 1.11 bits per heavy atom. The van der Waals surface area contributed by atoms with Crippen LogP contribution in [0.15, 0.2) is 42.5 Å². The van der Waals surface area contributed by atoms with Gasteiger partial charge < -0.3 is 15.0 Å². The third-order valence-electron chi connectivity index (χ3n) is 5.19. The Bertz CT molecular complexity index is 1160. The summed E-state index contributed by atoms with van der Waals surface area (Å²) >= 11 is 12.4. The third-order valence-corrected chi connectivity index (χ3v) is 6.92. The van der Waals surface area contributed by atoms with E-state index in [1.807, 2.05) is 13.8 Å². The average Bonchev–Trinajstić information content (AvgIpc) is 2.77. The largest absolute Gasteiger partial charge is 0.497 e. The summed E-state index contributed by atoms with van der Waals surface area (Å²) in [5.74, 6) is -0.459. The zero-order chi connectivity index (χ0) is 26.3. The van der Waals surface area contributed by atoms with E-state index in [2.05, 4.69) is 5.32 Å². The fraction of sp³-hybridized carbons (Fsp3) is 0.417. The minimum absolute atomic E-state index is 0.00539. The van der Waals surface area contributed by atoms with Crippen LogP contribution < -0.4 is 14.4 Å². The number of rotatable bonds is 11. The van der Waals surface area contributed by atoms with Gasteiger partial charge in [0.05, 0.1) is 19.1 Å². The topological polar surface area (TPSA) is 96.0 Å². The SMILES string of the molecule is CC[C@@H](C(=O)NC(C)C)N(Cc1ccc(Cl)cc1Cl)C(=O)CN(c1cccc(OC)c1)S(C)(=O)=O. The number of ether oxygens (including phenoxy) is 1. The molecule has 2 amide bonds. The number of benzene rings is 2. The number of nitrogens with one attached hydrogen (secondary N) is 1. The third kappa shape index (κ3) is 8.02. The predicted molar refractivity (Wildman–Crippen MR) is 140 cm³/mol. The van der Waals surface area contributed by atoms with E-state index in [9.17, 15) is 18.0 Å². The number of hydrogen-bond acceptors (Lipinski definition) is 5. The minimum Gasteiger partial charge on any atom is -0.497 e. The van der Waals surface area contributed by atoms with Crippen molar-refractivity contribution in [3.05, 3.63) is 58.1 Å². The van der Waals surface area contributed by atoms with Crippen molar-refractivity contribution in [2.45, 2.75) is 45.8 Å². The molecule has 11 heteroatoms. The molecular weight excluding hydrogens is 513 g/mol. The Kier molecular flexibility index (Phi) is 10.2. The number of sulfonamides is 1. The van der Waals surface area contributed by atoms with E-state index < -0.39 is 28.5 Å². The fourth-order valence-electron chi connectivity index (χ4n) is 3.51. The number of nitrogens with zero attached hydrogens (tertiary/aromatic N) is 2. The standard InChI is InChI=1S/C24H31Cl2N3O5S/c1-6-22(24(31)27-16(2)3)28(14-17-10-11-18(25)12-21(17)26)23(30)15-29(35(5,32)33)19-8-7-9-20(13-19)34-4/h7-13,16,22H,6,14-15H2,1-5H3,(H,27,31)/t22-/m0/s1. The number of hydrogen-bond donors (Lipinski definition) is 1. The first kappa shape index (κ1) is 28.7. The van der Waals surface area contributed by atoms with E-state index in [1.165, 1.54) is 18.1 Å². The molecular formula is C24H31Cl2N3O5S. The van der Waals surface area contributed by atoms with Crippen molar-refractivity contribution in [3.63, 3.8) is 0 Å². The van der Waals surface area contributed by atoms with Crippen LogP contribution in [0.25, 0.3) is 0 Å². The molecule has 0 fully saturated rings. The van der Waals surface area contributed by atoms with Gasteiger partial charge in [-0.3, -0.25) is 13.9 Å². The fourth-order valence-corrected chi connectivity index (χ4v) is 4.82. The molecule has 0 heterocycles. The zero-order valence-electron chi connectivity index (χ0n) is 20.4. The van der Waals surface area contributed by atoms with E-state index >= 15 is 0 Å². The Balaban J connectivity index is 2.49. The number of halogens is 2. The highest BCUT2D eigenvalue weighted by Crippen LogP contribution is 2.26. The lowest BCUT2D eigenvalue weighted by Gasteiger charge is -2.33. The van der Waals surface area contributed by atoms with Gasteiger partial charge in [-0.2, -0.15) is 0 Å². The monoisotopic (exact) mass is 543 g/mol. The first-order chi connectivity index (χ1) is 16.4. The molecule has 8 nitrogen and oxygen atoms in total. The van der Waals surface area contributed by atoms with Gasteiger partial charge >= 0.3 is 0 Å². The normalized spacial score (nSPS) is 12.2. The molecule has 2 rings (SSSR count).